The van der Waals surface area contributed by atoms with Gasteiger partial charge in [0.15, 0.2) is 0 Å². The number of benzene rings is 1. The Bertz CT molecular complexity index is 803. The molecule has 6 heteroatoms. The normalized spacial score (nSPS) is 25.2. The highest BCUT2D eigenvalue weighted by Crippen LogP contribution is 2.35. The molecule has 0 saturated carbocycles. The summed E-state index contributed by atoms with van der Waals surface area (Å²) in [4.78, 5) is 24.9. The number of halogens is 1. The molecule has 1 aromatic carbocycles. The lowest BCUT2D eigenvalue weighted by atomic mass is 9.84. The van der Waals surface area contributed by atoms with E-state index >= 15 is 0 Å². The third-order valence-electron chi connectivity index (χ3n) is 5.62. The van der Waals surface area contributed by atoms with Gasteiger partial charge in [0.1, 0.15) is 12.4 Å². The maximum Gasteiger partial charge on any atom is 0.251 e. The summed E-state index contributed by atoms with van der Waals surface area (Å²) in [5, 5.41) is 5.91. The topological polar surface area (TPSA) is 67.4 Å². The lowest BCUT2D eigenvalue weighted by Gasteiger charge is -2.32. The number of hydrogen-bond donors (Lipinski definition) is 2. The molecular formula is C21H27BrN2O3. The Labute approximate surface area is 169 Å². The molecule has 146 valence electrons. The summed E-state index contributed by atoms with van der Waals surface area (Å²) in [6.07, 6.45) is 1.69. The highest BCUT2D eigenvalue weighted by Gasteiger charge is 2.32. The number of allylic oxidation sites excluding steroid dienone is 1. The summed E-state index contributed by atoms with van der Waals surface area (Å²) in [6.45, 7) is 9.16. The van der Waals surface area contributed by atoms with Crippen LogP contribution in [-0.4, -0.2) is 31.0 Å². The second-order valence-corrected chi connectivity index (χ2v) is 8.77. The standard InChI is InChI=1S/C21H27BrN2O3/c1-11-6-15-7-16(8-18(22)19(15)27-10-13(11)3)20(25)23-9-17-12(2)5-14(4)24-21(17)26/h7-8,12,14,17H,5-6,9-10H2,1-4H3,(H,23,25)(H,24,26). The predicted octanol–water partition coefficient (Wildman–Crippen LogP) is 3.61. The zero-order chi connectivity index (χ0) is 19.7. The molecule has 5 nitrogen and oxygen atoms in total. The van der Waals surface area contributed by atoms with Crippen LogP contribution in [0.5, 0.6) is 5.75 Å². The zero-order valence-electron chi connectivity index (χ0n) is 16.3. The fraction of sp³-hybridized carbons (Fsp3) is 0.524. The maximum absolute atomic E-state index is 12.7. The monoisotopic (exact) mass is 434 g/mol. The van der Waals surface area contributed by atoms with Crippen molar-refractivity contribution < 1.29 is 14.3 Å². The molecule has 2 N–H and O–H groups in total. The summed E-state index contributed by atoms with van der Waals surface area (Å²) in [6, 6.07) is 3.88. The Morgan fingerprint density at radius 2 is 2.04 bits per heavy atom. The minimum absolute atomic E-state index is 0.0225. The number of hydrogen-bond acceptors (Lipinski definition) is 3. The minimum Gasteiger partial charge on any atom is -0.488 e. The van der Waals surface area contributed by atoms with Gasteiger partial charge in [0.05, 0.1) is 10.4 Å². The number of amides is 2. The zero-order valence-corrected chi connectivity index (χ0v) is 17.9. The van der Waals surface area contributed by atoms with E-state index in [0.717, 1.165) is 28.6 Å². The van der Waals surface area contributed by atoms with Gasteiger partial charge in [0.25, 0.3) is 5.91 Å². The third-order valence-corrected chi connectivity index (χ3v) is 6.21. The highest BCUT2D eigenvalue weighted by molar-refractivity contribution is 9.10. The van der Waals surface area contributed by atoms with Gasteiger partial charge in [-0.15, -0.1) is 0 Å². The molecule has 27 heavy (non-hydrogen) atoms. The molecule has 3 rings (SSSR count). The number of rotatable bonds is 3. The molecule has 0 radical (unpaired) electrons. The summed E-state index contributed by atoms with van der Waals surface area (Å²) in [5.74, 6) is 0.716. The molecule has 2 heterocycles. The average Bonchev–Trinajstić information content (AvgIpc) is 2.72. The molecule has 2 aliphatic heterocycles. The second-order valence-electron chi connectivity index (χ2n) is 7.91. The van der Waals surface area contributed by atoms with E-state index in [-0.39, 0.29) is 29.7 Å². The van der Waals surface area contributed by atoms with Crippen molar-refractivity contribution in [1.29, 1.82) is 0 Å². The molecule has 0 aromatic heterocycles. The van der Waals surface area contributed by atoms with Crippen molar-refractivity contribution in [2.24, 2.45) is 11.8 Å². The molecule has 1 fully saturated rings. The lowest BCUT2D eigenvalue weighted by Crippen LogP contribution is -2.50. The molecule has 3 atom stereocenters. The van der Waals surface area contributed by atoms with Gasteiger partial charge in [-0.25, -0.2) is 0 Å². The summed E-state index contributed by atoms with van der Waals surface area (Å²) >= 11 is 3.54. The first-order chi connectivity index (χ1) is 12.8. The van der Waals surface area contributed by atoms with Crippen LogP contribution in [0.2, 0.25) is 0 Å². The number of carbonyl (C=O) groups is 2. The van der Waals surface area contributed by atoms with Crippen LogP contribution in [0.15, 0.2) is 27.8 Å². The van der Waals surface area contributed by atoms with Crippen molar-refractivity contribution in [3.05, 3.63) is 38.9 Å². The van der Waals surface area contributed by atoms with Crippen molar-refractivity contribution in [1.82, 2.24) is 10.6 Å². The quantitative estimate of drug-likeness (QED) is 0.713. The van der Waals surface area contributed by atoms with Gasteiger partial charge >= 0.3 is 0 Å². The van der Waals surface area contributed by atoms with Crippen LogP contribution >= 0.6 is 15.9 Å². The largest absolute Gasteiger partial charge is 0.488 e. The lowest BCUT2D eigenvalue weighted by molar-refractivity contribution is -0.129. The number of fused-ring (bicyclic) bond motifs is 1. The number of ether oxygens (including phenoxy) is 1. The van der Waals surface area contributed by atoms with Gasteiger partial charge in [-0.1, -0.05) is 12.5 Å². The van der Waals surface area contributed by atoms with E-state index in [0.29, 0.717) is 18.7 Å². The van der Waals surface area contributed by atoms with E-state index in [4.69, 9.17) is 4.74 Å². The Balaban J connectivity index is 1.73. The van der Waals surface area contributed by atoms with Gasteiger partial charge in [0.2, 0.25) is 5.91 Å². The number of piperidine rings is 1. The second kappa shape index (κ2) is 8.05. The molecular weight excluding hydrogens is 408 g/mol. The number of nitrogens with one attached hydrogen (secondary N) is 2. The molecule has 2 aliphatic rings. The minimum atomic E-state index is -0.189. The van der Waals surface area contributed by atoms with Crippen LogP contribution in [0.3, 0.4) is 0 Å². The fourth-order valence-corrected chi connectivity index (χ4v) is 4.42. The fourth-order valence-electron chi connectivity index (χ4n) is 3.80. The van der Waals surface area contributed by atoms with Crippen LogP contribution < -0.4 is 15.4 Å². The molecule has 0 bridgehead atoms. The highest BCUT2D eigenvalue weighted by atomic mass is 79.9. The van der Waals surface area contributed by atoms with Gasteiger partial charge in [-0.05, 0) is 73.2 Å². The number of carbonyl (C=O) groups excluding carboxylic acids is 2. The Morgan fingerprint density at radius 1 is 1.30 bits per heavy atom. The molecule has 2 amide bonds. The van der Waals surface area contributed by atoms with Crippen LogP contribution in [0.25, 0.3) is 0 Å². The van der Waals surface area contributed by atoms with Crippen LogP contribution in [0, 0.1) is 11.8 Å². The van der Waals surface area contributed by atoms with Gasteiger partial charge in [-0.3, -0.25) is 9.59 Å². The van der Waals surface area contributed by atoms with Crippen molar-refractivity contribution >= 4 is 27.7 Å². The molecule has 3 unspecified atom stereocenters. The molecule has 1 saturated heterocycles. The van der Waals surface area contributed by atoms with E-state index in [9.17, 15) is 9.59 Å². The Hall–Kier alpha value is -1.82. The Kier molecular flexibility index (Phi) is 5.94. The molecule has 0 aliphatic carbocycles. The van der Waals surface area contributed by atoms with Gasteiger partial charge in [-0.2, -0.15) is 0 Å². The van der Waals surface area contributed by atoms with Crippen LogP contribution in [0.4, 0.5) is 0 Å². The maximum atomic E-state index is 12.7. The summed E-state index contributed by atoms with van der Waals surface area (Å²) < 4.78 is 6.68. The third kappa shape index (κ3) is 4.37. The summed E-state index contributed by atoms with van der Waals surface area (Å²) in [5.41, 5.74) is 4.06. The van der Waals surface area contributed by atoms with Crippen molar-refractivity contribution in [2.45, 2.75) is 46.6 Å². The smallest absolute Gasteiger partial charge is 0.251 e. The van der Waals surface area contributed by atoms with E-state index in [1.165, 1.54) is 11.1 Å². The van der Waals surface area contributed by atoms with E-state index in [1.807, 2.05) is 13.0 Å². The first-order valence-electron chi connectivity index (χ1n) is 9.45. The van der Waals surface area contributed by atoms with Crippen molar-refractivity contribution in [2.75, 3.05) is 13.2 Å². The first kappa shape index (κ1) is 19.9. The molecule has 0 spiro atoms. The van der Waals surface area contributed by atoms with Crippen molar-refractivity contribution in [3.8, 4) is 5.75 Å². The van der Waals surface area contributed by atoms with Gasteiger partial charge in [0, 0.05) is 23.7 Å². The molecule has 1 aromatic rings. The average molecular weight is 435 g/mol. The van der Waals surface area contributed by atoms with Crippen LogP contribution in [0.1, 0.15) is 50.0 Å². The van der Waals surface area contributed by atoms with E-state index < -0.39 is 0 Å². The summed E-state index contributed by atoms with van der Waals surface area (Å²) in [7, 11) is 0. The van der Waals surface area contributed by atoms with Gasteiger partial charge < -0.3 is 15.4 Å². The SMILES string of the molecule is CC1=C(C)Cc2cc(C(=O)NCC3C(=O)NC(C)CC3C)cc(Br)c2OC1. The van der Waals surface area contributed by atoms with Crippen molar-refractivity contribution in [3.63, 3.8) is 0 Å². The van der Waals surface area contributed by atoms with Crippen LogP contribution in [-0.2, 0) is 11.2 Å². The van der Waals surface area contributed by atoms with E-state index in [2.05, 4.69) is 47.3 Å². The first-order valence-corrected chi connectivity index (χ1v) is 10.2. The van der Waals surface area contributed by atoms with E-state index in [1.54, 1.807) is 6.07 Å². The predicted molar refractivity (Wildman–Crippen MR) is 109 cm³/mol. The Morgan fingerprint density at radius 3 is 2.74 bits per heavy atom.